The van der Waals surface area contributed by atoms with Crippen LogP contribution in [0, 0.1) is 6.92 Å². The smallest absolute Gasteiger partial charge is 0.266 e. The standard InChI is InChI=1S/C20H16N2O4S2/c1-12-6-8-13(9-7-12)10-16-18(24)22(20(27)28-16)11-17(23)21-15-5-3-2-4-14(15)19(25)26/h2-10H,11H2,1H3,(H,21,23)(H,25,26)/p-1/b16-10+. The number of hydrogen-bond acceptors (Lipinski definition) is 6. The van der Waals surface area contributed by atoms with Crippen LogP contribution in [-0.2, 0) is 9.59 Å². The molecular weight excluding hydrogens is 396 g/mol. The first-order chi connectivity index (χ1) is 13.3. The summed E-state index contributed by atoms with van der Waals surface area (Å²) in [7, 11) is 0. The molecule has 142 valence electrons. The van der Waals surface area contributed by atoms with E-state index in [4.69, 9.17) is 12.2 Å². The molecule has 8 heteroatoms. The van der Waals surface area contributed by atoms with E-state index in [0.717, 1.165) is 22.9 Å². The average Bonchev–Trinajstić information content (AvgIpc) is 2.91. The van der Waals surface area contributed by atoms with Crippen molar-refractivity contribution >= 4 is 57.8 Å². The van der Waals surface area contributed by atoms with Gasteiger partial charge in [0.15, 0.2) is 0 Å². The van der Waals surface area contributed by atoms with Gasteiger partial charge in [0, 0.05) is 11.3 Å². The summed E-state index contributed by atoms with van der Waals surface area (Å²) in [6.45, 7) is 1.66. The highest BCUT2D eigenvalue weighted by molar-refractivity contribution is 8.26. The molecule has 1 aliphatic heterocycles. The molecule has 28 heavy (non-hydrogen) atoms. The summed E-state index contributed by atoms with van der Waals surface area (Å²) >= 11 is 6.35. The summed E-state index contributed by atoms with van der Waals surface area (Å²) in [5.74, 6) is -2.32. The van der Waals surface area contributed by atoms with Crippen molar-refractivity contribution in [1.82, 2.24) is 4.90 Å². The van der Waals surface area contributed by atoms with Crippen molar-refractivity contribution in [2.45, 2.75) is 6.92 Å². The highest BCUT2D eigenvalue weighted by Gasteiger charge is 2.33. The minimum atomic E-state index is -1.40. The molecular formula is C20H15N2O4S2-. The average molecular weight is 411 g/mol. The largest absolute Gasteiger partial charge is 0.545 e. The third-order valence-electron chi connectivity index (χ3n) is 3.97. The number of carboxylic acids is 1. The Bertz CT molecular complexity index is 1000. The first kappa shape index (κ1) is 19.8. The maximum Gasteiger partial charge on any atom is 0.266 e. The van der Waals surface area contributed by atoms with Gasteiger partial charge < -0.3 is 15.2 Å². The second kappa shape index (κ2) is 8.37. The summed E-state index contributed by atoms with van der Waals surface area (Å²) in [6, 6.07) is 13.6. The number of thioether (sulfide) groups is 1. The molecule has 0 saturated carbocycles. The highest BCUT2D eigenvalue weighted by atomic mass is 32.2. The molecule has 1 fully saturated rings. The molecule has 1 heterocycles. The predicted molar refractivity (Wildman–Crippen MR) is 110 cm³/mol. The van der Waals surface area contributed by atoms with Gasteiger partial charge in [-0.3, -0.25) is 14.5 Å². The first-order valence-corrected chi connectivity index (χ1v) is 9.50. The summed E-state index contributed by atoms with van der Waals surface area (Å²) in [5.41, 5.74) is 1.94. The van der Waals surface area contributed by atoms with Crippen LogP contribution < -0.4 is 10.4 Å². The molecule has 0 spiro atoms. The van der Waals surface area contributed by atoms with Crippen LogP contribution in [0.2, 0.25) is 0 Å². The monoisotopic (exact) mass is 411 g/mol. The number of carbonyl (C=O) groups is 3. The maximum atomic E-state index is 12.6. The number of rotatable bonds is 5. The zero-order chi connectivity index (χ0) is 20.3. The lowest BCUT2D eigenvalue weighted by Crippen LogP contribution is -2.36. The van der Waals surface area contributed by atoms with Crippen LogP contribution in [0.3, 0.4) is 0 Å². The third-order valence-corrected chi connectivity index (χ3v) is 5.35. The van der Waals surface area contributed by atoms with Crippen LogP contribution in [0.15, 0.2) is 53.4 Å². The number of carboxylic acid groups (broad SMARTS) is 1. The van der Waals surface area contributed by atoms with E-state index >= 15 is 0 Å². The normalized spacial score (nSPS) is 15.2. The number of benzene rings is 2. The van der Waals surface area contributed by atoms with Gasteiger partial charge >= 0.3 is 0 Å². The van der Waals surface area contributed by atoms with E-state index in [1.54, 1.807) is 12.1 Å². The number of para-hydroxylation sites is 1. The molecule has 1 N–H and O–H groups in total. The minimum Gasteiger partial charge on any atom is -0.545 e. The molecule has 2 aromatic carbocycles. The number of nitrogens with zero attached hydrogens (tertiary/aromatic N) is 1. The molecule has 2 amide bonds. The van der Waals surface area contributed by atoms with E-state index in [2.05, 4.69) is 5.32 Å². The van der Waals surface area contributed by atoms with E-state index in [1.807, 2.05) is 31.2 Å². The fraction of sp³-hybridized carbons (Fsp3) is 0.100. The van der Waals surface area contributed by atoms with E-state index < -0.39 is 11.9 Å². The number of aryl methyl sites for hydroxylation is 1. The molecule has 0 radical (unpaired) electrons. The van der Waals surface area contributed by atoms with Crippen LogP contribution >= 0.6 is 24.0 Å². The Balaban J connectivity index is 1.71. The molecule has 2 aromatic rings. The van der Waals surface area contributed by atoms with Crippen molar-refractivity contribution < 1.29 is 19.5 Å². The van der Waals surface area contributed by atoms with Crippen molar-refractivity contribution in [3.63, 3.8) is 0 Å². The minimum absolute atomic E-state index is 0.105. The topological polar surface area (TPSA) is 89.5 Å². The first-order valence-electron chi connectivity index (χ1n) is 8.27. The zero-order valence-electron chi connectivity index (χ0n) is 14.8. The third kappa shape index (κ3) is 4.47. The van der Waals surface area contributed by atoms with Gasteiger partial charge in [0.05, 0.1) is 10.9 Å². The summed E-state index contributed by atoms with van der Waals surface area (Å²) in [6.07, 6.45) is 1.72. The Morgan fingerprint density at radius 2 is 1.86 bits per heavy atom. The predicted octanol–water partition coefficient (Wildman–Crippen LogP) is 2.20. The molecule has 0 atom stereocenters. The number of hydrogen-bond donors (Lipinski definition) is 1. The molecule has 0 bridgehead atoms. The lowest BCUT2D eigenvalue weighted by Gasteiger charge is -2.16. The van der Waals surface area contributed by atoms with E-state index in [1.165, 1.54) is 23.1 Å². The quantitative estimate of drug-likeness (QED) is 0.599. The molecule has 1 aliphatic rings. The van der Waals surface area contributed by atoms with Crippen molar-refractivity contribution in [1.29, 1.82) is 0 Å². The van der Waals surface area contributed by atoms with Crippen molar-refractivity contribution in [3.05, 3.63) is 70.1 Å². The van der Waals surface area contributed by atoms with Crippen LogP contribution in [0.1, 0.15) is 21.5 Å². The van der Waals surface area contributed by atoms with Gasteiger partial charge in [-0.05, 0) is 24.6 Å². The zero-order valence-corrected chi connectivity index (χ0v) is 16.4. The van der Waals surface area contributed by atoms with Gasteiger partial charge in [0.1, 0.15) is 10.9 Å². The fourth-order valence-corrected chi connectivity index (χ4v) is 3.81. The van der Waals surface area contributed by atoms with Gasteiger partial charge in [-0.2, -0.15) is 0 Å². The van der Waals surface area contributed by atoms with Crippen molar-refractivity contribution in [2.24, 2.45) is 0 Å². The summed E-state index contributed by atoms with van der Waals surface area (Å²) in [5, 5.41) is 13.6. The lowest BCUT2D eigenvalue weighted by molar-refractivity contribution is -0.254. The lowest BCUT2D eigenvalue weighted by atomic mass is 10.1. The van der Waals surface area contributed by atoms with Crippen molar-refractivity contribution in [3.8, 4) is 0 Å². The molecule has 0 aliphatic carbocycles. The number of amides is 2. The number of aromatic carboxylic acids is 1. The van der Waals surface area contributed by atoms with E-state index in [0.29, 0.717) is 4.91 Å². The van der Waals surface area contributed by atoms with Gasteiger partial charge in [0.2, 0.25) is 5.91 Å². The molecule has 0 aromatic heterocycles. The second-order valence-corrected chi connectivity index (χ2v) is 7.74. The van der Waals surface area contributed by atoms with Gasteiger partial charge in [-0.25, -0.2) is 0 Å². The van der Waals surface area contributed by atoms with E-state index in [-0.39, 0.29) is 28.0 Å². The number of thiocarbonyl (C=S) groups is 1. The Kier molecular flexibility index (Phi) is 5.91. The van der Waals surface area contributed by atoms with Crippen LogP contribution in [0.25, 0.3) is 6.08 Å². The number of anilines is 1. The molecule has 1 saturated heterocycles. The van der Waals surface area contributed by atoms with Crippen LogP contribution in [0.5, 0.6) is 0 Å². The Morgan fingerprint density at radius 1 is 1.18 bits per heavy atom. The van der Waals surface area contributed by atoms with E-state index in [9.17, 15) is 19.5 Å². The van der Waals surface area contributed by atoms with Gasteiger partial charge in [0.25, 0.3) is 5.91 Å². The SMILES string of the molecule is Cc1ccc(/C=C2/SC(=S)N(CC(=O)Nc3ccccc3C(=O)[O-])C2=O)cc1. The van der Waals surface area contributed by atoms with Crippen LogP contribution in [-0.4, -0.2) is 33.5 Å². The maximum absolute atomic E-state index is 12.6. The Hall–Kier alpha value is -2.97. The second-order valence-electron chi connectivity index (χ2n) is 6.06. The molecule has 6 nitrogen and oxygen atoms in total. The summed E-state index contributed by atoms with van der Waals surface area (Å²) < 4.78 is 0.270. The Morgan fingerprint density at radius 3 is 2.54 bits per heavy atom. The molecule has 0 unspecified atom stereocenters. The highest BCUT2D eigenvalue weighted by Crippen LogP contribution is 2.32. The number of nitrogens with one attached hydrogen (secondary N) is 1. The Labute approximate surface area is 171 Å². The van der Waals surface area contributed by atoms with Gasteiger partial charge in [-0.15, -0.1) is 0 Å². The van der Waals surface area contributed by atoms with Gasteiger partial charge in [-0.1, -0.05) is 72.0 Å². The van der Waals surface area contributed by atoms with Crippen LogP contribution in [0.4, 0.5) is 5.69 Å². The summed E-state index contributed by atoms with van der Waals surface area (Å²) in [4.78, 5) is 37.7. The van der Waals surface area contributed by atoms with Crippen molar-refractivity contribution in [2.75, 3.05) is 11.9 Å². The molecule has 3 rings (SSSR count). The number of carbonyl (C=O) groups excluding carboxylic acids is 3. The fourth-order valence-electron chi connectivity index (χ4n) is 2.55.